The first-order valence-corrected chi connectivity index (χ1v) is 9.42. The monoisotopic (exact) mass is 383 g/mol. The highest BCUT2D eigenvalue weighted by atomic mass is 16.5. The second-order valence-electron chi connectivity index (χ2n) is 7.00. The van der Waals surface area contributed by atoms with E-state index in [2.05, 4.69) is 4.98 Å². The van der Waals surface area contributed by atoms with Crippen molar-refractivity contribution >= 4 is 11.9 Å². The lowest BCUT2D eigenvalue weighted by atomic mass is 10.1. The molecular weight excluding hydrogens is 358 g/mol. The molecule has 1 saturated heterocycles. The third-order valence-corrected chi connectivity index (χ3v) is 4.96. The van der Waals surface area contributed by atoms with Crippen molar-refractivity contribution in [3.63, 3.8) is 0 Å². The van der Waals surface area contributed by atoms with Crippen molar-refractivity contribution < 1.29 is 19.4 Å². The van der Waals surface area contributed by atoms with Crippen molar-refractivity contribution in [3.05, 3.63) is 54.4 Å². The molecule has 0 saturated carbocycles. The van der Waals surface area contributed by atoms with Gasteiger partial charge in [0.15, 0.2) is 0 Å². The van der Waals surface area contributed by atoms with Crippen LogP contribution in [0.15, 0.2) is 48.8 Å². The molecule has 28 heavy (non-hydrogen) atoms. The molecule has 0 bridgehead atoms. The van der Waals surface area contributed by atoms with Gasteiger partial charge >= 0.3 is 5.97 Å². The summed E-state index contributed by atoms with van der Waals surface area (Å²) >= 11 is 0. The highest BCUT2D eigenvalue weighted by Gasteiger charge is 2.24. The van der Waals surface area contributed by atoms with Crippen molar-refractivity contribution in [3.8, 4) is 11.5 Å². The van der Waals surface area contributed by atoms with E-state index in [-0.39, 0.29) is 18.5 Å². The normalized spacial score (nSPS) is 17.2. The SMILES string of the molecule is CN(CC(=O)O)C1CCCN(C(=O)c2cccc(Oc3ccncc3)c2)CC1. The molecular formula is C21H25N3O4. The van der Waals surface area contributed by atoms with Crippen LogP contribution in [0.1, 0.15) is 29.6 Å². The molecule has 1 aliphatic rings. The number of hydrogen-bond acceptors (Lipinski definition) is 5. The fourth-order valence-electron chi connectivity index (χ4n) is 3.48. The Morgan fingerprint density at radius 1 is 1.18 bits per heavy atom. The number of pyridine rings is 1. The van der Waals surface area contributed by atoms with Crippen LogP contribution in [0.25, 0.3) is 0 Å². The molecule has 1 fully saturated rings. The summed E-state index contributed by atoms with van der Waals surface area (Å²) in [5, 5.41) is 8.98. The number of carboxylic acid groups (broad SMARTS) is 1. The van der Waals surface area contributed by atoms with Gasteiger partial charge < -0.3 is 14.7 Å². The lowest BCUT2D eigenvalue weighted by molar-refractivity contribution is -0.138. The second kappa shape index (κ2) is 9.32. The summed E-state index contributed by atoms with van der Waals surface area (Å²) in [5.74, 6) is 0.414. The van der Waals surface area contributed by atoms with E-state index in [1.54, 1.807) is 36.7 Å². The van der Waals surface area contributed by atoms with E-state index in [4.69, 9.17) is 9.84 Å². The molecule has 0 radical (unpaired) electrons. The van der Waals surface area contributed by atoms with Gasteiger partial charge in [0.25, 0.3) is 5.91 Å². The summed E-state index contributed by atoms with van der Waals surface area (Å²) < 4.78 is 5.79. The maximum atomic E-state index is 13.0. The first-order chi connectivity index (χ1) is 13.5. The highest BCUT2D eigenvalue weighted by molar-refractivity contribution is 5.94. The van der Waals surface area contributed by atoms with Crippen LogP contribution in [0.3, 0.4) is 0 Å². The molecule has 1 aliphatic heterocycles. The summed E-state index contributed by atoms with van der Waals surface area (Å²) in [7, 11) is 1.83. The van der Waals surface area contributed by atoms with Crippen LogP contribution in [0.2, 0.25) is 0 Å². The van der Waals surface area contributed by atoms with Crippen molar-refractivity contribution in [2.45, 2.75) is 25.3 Å². The number of carbonyl (C=O) groups is 2. The number of ether oxygens (including phenoxy) is 1. The predicted octanol–water partition coefficient (Wildman–Crippen LogP) is 2.89. The molecule has 2 heterocycles. The Morgan fingerprint density at radius 2 is 1.96 bits per heavy atom. The quantitative estimate of drug-likeness (QED) is 0.826. The van der Waals surface area contributed by atoms with Gasteiger partial charge in [0, 0.05) is 37.1 Å². The third-order valence-electron chi connectivity index (χ3n) is 4.96. The number of likely N-dealkylation sites (N-methyl/N-ethyl adjacent to an activating group) is 1. The van der Waals surface area contributed by atoms with Gasteiger partial charge in [0.05, 0.1) is 6.54 Å². The maximum absolute atomic E-state index is 13.0. The summed E-state index contributed by atoms with van der Waals surface area (Å²) in [6.07, 6.45) is 5.81. The number of carbonyl (C=O) groups excluding carboxylic acids is 1. The van der Waals surface area contributed by atoms with Gasteiger partial charge in [-0.15, -0.1) is 0 Å². The fourth-order valence-corrected chi connectivity index (χ4v) is 3.48. The number of benzene rings is 1. The highest BCUT2D eigenvalue weighted by Crippen LogP contribution is 2.23. The molecule has 1 aromatic heterocycles. The van der Waals surface area contributed by atoms with Crippen LogP contribution >= 0.6 is 0 Å². The molecule has 3 rings (SSSR count). The number of amides is 1. The number of carboxylic acids is 1. The zero-order valence-corrected chi connectivity index (χ0v) is 16.0. The first-order valence-electron chi connectivity index (χ1n) is 9.42. The van der Waals surface area contributed by atoms with Gasteiger partial charge in [0.1, 0.15) is 11.5 Å². The van der Waals surface area contributed by atoms with Gasteiger partial charge in [0.2, 0.25) is 0 Å². The van der Waals surface area contributed by atoms with E-state index in [1.165, 1.54) is 0 Å². The van der Waals surface area contributed by atoms with Crippen LogP contribution < -0.4 is 4.74 Å². The fraction of sp³-hybridized carbons (Fsp3) is 0.381. The first kappa shape index (κ1) is 19.8. The van der Waals surface area contributed by atoms with Crippen molar-refractivity contribution in [2.75, 3.05) is 26.7 Å². The van der Waals surface area contributed by atoms with E-state index >= 15 is 0 Å². The van der Waals surface area contributed by atoms with Crippen molar-refractivity contribution in [2.24, 2.45) is 0 Å². The molecule has 7 nitrogen and oxygen atoms in total. The van der Waals surface area contributed by atoms with Crippen LogP contribution in [0.5, 0.6) is 11.5 Å². The van der Waals surface area contributed by atoms with Crippen LogP contribution in [0.4, 0.5) is 0 Å². The Labute approximate surface area is 164 Å². The average Bonchev–Trinajstić information content (AvgIpc) is 2.94. The lowest BCUT2D eigenvalue weighted by Crippen LogP contribution is -2.37. The number of likely N-dealkylation sites (tertiary alicyclic amines) is 1. The van der Waals surface area contributed by atoms with Gasteiger partial charge in [-0.05, 0) is 56.6 Å². The molecule has 7 heteroatoms. The third kappa shape index (κ3) is 5.29. The summed E-state index contributed by atoms with van der Waals surface area (Å²) in [5.41, 5.74) is 0.587. The largest absolute Gasteiger partial charge is 0.480 e. The van der Waals surface area contributed by atoms with Crippen LogP contribution in [0, 0.1) is 0 Å². The Balaban J connectivity index is 1.64. The summed E-state index contributed by atoms with van der Waals surface area (Å²) in [4.78, 5) is 31.6. The van der Waals surface area contributed by atoms with E-state index in [1.807, 2.05) is 29.0 Å². The van der Waals surface area contributed by atoms with Crippen LogP contribution in [-0.4, -0.2) is 64.5 Å². The van der Waals surface area contributed by atoms with Gasteiger partial charge in [-0.3, -0.25) is 19.5 Å². The molecule has 2 aromatic rings. The lowest BCUT2D eigenvalue weighted by Gasteiger charge is -2.25. The number of aliphatic carboxylic acids is 1. The van der Waals surface area contributed by atoms with Crippen LogP contribution in [-0.2, 0) is 4.79 Å². The number of rotatable bonds is 6. The molecule has 0 aliphatic carbocycles. The maximum Gasteiger partial charge on any atom is 0.317 e. The summed E-state index contributed by atoms with van der Waals surface area (Å²) in [6.45, 7) is 1.31. The smallest absolute Gasteiger partial charge is 0.317 e. The summed E-state index contributed by atoms with van der Waals surface area (Å²) in [6, 6.07) is 10.9. The second-order valence-corrected chi connectivity index (χ2v) is 7.00. The van der Waals surface area contributed by atoms with E-state index < -0.39 is 5.97 Å². The number of hydrogen-bond donors (Lipinski definition) is 1. The molecule has 1 amide bonds. The predicted molar refractivity (Wildman–Crippen MR) is 105 cm³/mol. The minimum atomic E-state index is -0.828. The topological polar surface area (TPSA) is 83.0 Å². The Kier molecular flexibility index (Phi) is 6.60. The minimum Gasteiger partial charge on any atom is -0.480 e. The van der Waals surface area contributed by atoms with Gasteiger partial charge in [-0.1, -0.05) is 6.07 Å². The zero-order chi connectivity index (χ0) is 19.9. The zero-order valence-electron chi connectivity index (χ0n) is 16.0. The Bertz CT molecular complexity index is 812. The molecule has 1 atom stereocenters. The van der Waals surface area contributed by atoms with Crippen molar-refractivity contribution in [1.82, 2.24) is 14.8 Å². The van der Waals surface area contributed by atoms with E-state index in [0.29, 0.717) is 30.2 Å². The van der Waals surface area contributed by atoms with Gasteiger partial charge in [-0.2, -0.15) is 0 Å². The van der Waals surface area contributed by atoms with Gasteiger partial charge in [-0.25, -0.2) is 0 Å². The standard InChI is InChI=1S/C21H25N3O4/c1-23(15-20(25)26)17-5-3-12-24(13-9-17)21(27)16-4-2-6-19(14-16)28-18-7-10-22-11-8-18/h2,4,6-8,10-11,14,17H,3,5,9,12-13,15H2,1H3,(H,25,26). The van der Waals surface area contributed by atoms with E-state index in [9.17, 15) is 9.59 Å². The number of aromatic nitrogens is 1. The van der Waals surface area contributed by atoms with E-state index in [0.717, 1.165) is 19.3 Å². The molecule has 1 unspecified atom stereocenters. The number of nitrogens with zero attached hydrogens (tertiary/aromatic N) is 3. The molecule has 1 aromatic carbocycles. The average molecular weight is 383 g/mol. The molecule has 148 valence electrons. The minimum absolute atomic E-state index is 0.0208. The molecule has 1 N–H and O–H groups in total. The molecule has 0 spiro atoms. The Hall–Kier alpha value is -2.93. The van der Waals surface area contributed by atoms with Crippen molar-refractivity contribution in [1.29, 1.82) is 0 Å². The Morgan fingerprint density at radius 3 is 2.71 bits per heavy atom.